The number of nitrogens with zero attached hydrogens (tertiary/aromatic N) is 2. The summed E-state index contributed by atoms with van der Waals surface area (Å²) in [6.45, 7) is 6.77. The highest BCUT2D eigenvalue weighted by atomic mass is 15.1. The molecule has 0 saturated carbocycles. The standard InChI is InChI=1S/C15H25N3/c1-12-14(5-4-6-15(12)16)11-18(3)10-13-7-8-17(2)9-13/h4-6,13H,7-11,16H2,1-3H3. The van der Waals surface area contributed by atoms with E-state index in [2.05, 4.69) is 43.0 Å². The molecule has 1 aromatic rings. The molecule has 2 rings (SSSR count). The van der Waals surface area contributed by atoms with E-state index in [0.29, 0.717) is 0 Å². The molecule has 1 atom stereocenters. The second kappa shape index (κ2) is 5.72. The molecule has 1 aliphatic heterocycles. The second-order valence-electron chi connectivity index (χ2n) is 5.75. The maximum Gasteiger partial charge on any atom is 0.0346 e. The lowest BCUT2D eigenvalue weighted by molar-refractivity contribution is 0.267. The maximum absolute atomic E-state index is 5.95. The molecule has 1 saturated heterocycles. The van der Waals surface area contributed by atoms with Crippen LogP contribution in [0.4, 0.5) is 5.69 Å². The summed E-state index contributed by atoms with van der Waals surface area (Å²) in [5.41, 5.74) is 9.44. The molecule has 3 heteroatoms. The number of nitrogen functional groups attached to an aromatic ring is 1. The summed E-state index contributed by atoms with van der Waals surface area (Å²) < 4.78 is 0. The van der Waals surface area contributed by atoms with Crippen LogP contribution in [0, 0.1) is 12.8 Å². The lowest BCUT2D eigenvalue weighted by Crippen LogP contribution is -2.27. The minimum Gasteiger partial charge on any atom is -0.399 e. The van der Waals surface area contributed by atoms with Gasteiger partial charge in [0.15, 0.2) is 0 Å². The molecule has 1 fully saturated rings. The highest BCUT2D eigenvalue weighted by Gasteiger charge is 2.20. The third kappa shape index (κ3) is 3.24. The van der Waals surface area contributed by atoms with E-state index >= 15 is 0 Å². The molecule has 1 heterocycles. The molecule has 100 valence electrons. The zero-order valence-corrected chi connectivity index (χ0v) is 11.8. The summed E-state index contributed by atoms with van der Waals surface area (Å²) in [4.78, 5) is 4.84. The molecule has 3 nitrogen and oxygen atoms in total. The van der Waals surface area contributed by atoms with E-state index in [0.717, 1.165) is 18.2 Å². The van der Waals surface area contributed by atoms with Gasteiger partial charge in [0, 0.05) is 25.3 Å². The third-order valence-electron chi connectivity index (χ3n) is 3.99. The molecule has 0 bridgehead atoms. The Bertz CT molecular complexity index is 403. The van der Waals surface area contributed by atoms with Crippen LogP contribution in [0.1, 0.15) is 17.5 Å². The van der Waals surface area contributed by atoms with Crippen molar-refractivity contribution in [3.05, 3.63) is 29.3 Å². The van der Waals surface area contributed by atoms with Crippen LogP contribution in [0.5, 0.6) is 0 Å². The molecule has 1 unspecified atom stereocenters. The van der Waals surface area contributed by atoms with Crippen molar-refractivity contribution < 1.29 is 0 Å². The fourth-order valence-corrected chi connectivity index (χ4v) is 2.85. The van der Waals surface area contributed by atoms with Crippen molar-refractivity contribution in [3.8, 4) is 0 Å². The average molecular weight is 247 g/mol. The second-order valence-corrected chi connectivity index (χ2v) is 5.75. The Morgan fingerprint density at radius 2 is 2.22 bits per heavy atom. The third-order valence-corrected chi connectivity index (χ3v) is 3.99. The predicted octanol–water partition coefficient (Wildman–Crippen LogP) is 1.96. The van der Waals surface area contributed by atoms with E-state index in [1.807, 2.05) is 6.07 Å². The molecule has 0 radical (unpaired) electrons. The van der Waals surface area contributed by atoms with Gasteiger partial charge >= 0.3 is 0 Å². The van der Waals surface area contributed by atoms with Crippen LogP contribution >= 0.6 is 0 Å². The topological polar surface area (TPSA) is 32.5 Å². The Morgan fingerprint density at radius 1 is 1.44 bits per heavy atom. The number of hydrogen-bond donors (Lipinski definition) is 1. The number of hydrogen-bond acceptors (Lipinski definition) is 3. The quantitative estimate of drug-likeness (QED) is 0.826. The van der Waals surface area contributed by atoms with Gasteiger partial charge in [-0.25, -0.2) is 0 Å². The van der Waals surface area contributed by atoms with Crippen molar-refractivity contribution in [2.24, 2.45) is 5.92 Å². The largest absolute Gasteiger partial charge is 0.399 e. The van der Waals surface area contributed by atoms with E-state index in [4.69, 9.17) is 5.73 Å². The van der Waals surface area contributed by atoms with Crippen molar-refractivity contribution in [2.75, 3.05) is 39.5 Å². The van der Waals surface area contributed by atoms with Crippen LogP contribution in [-0.4, -0.2) is 43.5 Å². The number of nitrogens with two attached hydrogens (primary N) is 1. The van der Waals surface area contributed by atoms with Gasteiger partial charge in [-0.15, -0.1) is 0 Å². The number of benzene rings is 1. The lowest BCUT2D eigenvalue weighted by Gasteiger charge is -2.22. The molecule has 0 amide bonds. The lowest BCUT2D eigenvalue weighted by atomic mass is 10.1. The SMILES string of the molecule is Cc1c(N)cccc1CN(C)CC1CCN(C)C1. The number of anilines is 1. The van der Waals surface area contributed by atoms with Gasteiger partial charge in [-0.1, -0.05) is 12.1 Å². The summed E-state index contributed by atoms with van der Waals surface area (Å²) in [7, 11) is 4.42. The van der Waals surface area contributed by atoms with Gasteiger partial charge in [0.2, 0.25) is 0 Å². The van der Waals surface area contributed by atoms with Gasteiger partial charge in [-0.2, -0.15) is 0 Å². The first-order chi connectivity index (χ1) is 8.56. The zero-order valence-electron chi connectivity index (χ0n) is 11.8. The minimum absolute atomic E-state index is 0.821. The summed E-state index contributed by atoms with van der Waals surface area (Å²) >= 11 is 0. The minimum atomic E-state index is 0.821. The molecular weight excluding hydrogens is 222 g/mol. The summed E-state index contributed by atoms with van der Waals surface area (Å²) in [5.74, 6) is 0.821. The smallest absolute Gasteiger partial charge is 0.0346 e. The molecule has 0 spiro atoms. The molecular formula is C15H25N3. The van der Waals surface area contributed by atoms with E-state index in [1.54, 1.807) is 0 Å². The fourth-order valence-electron chi connectivity index (χ4n) is 2.85. The Hall–Kier alpha value is -1.06. The van der Waals surface area contributed by atoms with Crippen molar-refractivity contribution in [1.29, 1.82) is 0 Å². The monoisotopic (exact) mass is 247 g/mol. The Kier molecular flexibility index (Phi) is 4.25. The van der Waals surface area contributed by atoms with Gasteiger partial charge in [-0.05, 0) is 57.1 Å². The van der Waals surface area contributed by atoms with Crippen molar-refractivity contribution in [3.63, 3.8) is 0 Å². The highest BCUT2D eigenvalue weighted by Crippen LogP contribution is 2.19. The Labute approximate surface area is 111 Å². The molecule has 0 aliphatic carbocycles. The molecule has 1 aliphatic rings. The van der Waals surface area contributed by atoms with Crippen LogP contribution in [-0.2, 0) is 6.54 Å². The van der Waals surface area contributed by atoms with Crippen LogP contribution in [0.25, 0.3) is 0 Å². The van der Waals surface area contributed by atoms with Gasteiger partial charge in [-0.3, -0.25) is 0 Å². The first-order valence-corrected chi connectivity index (χ1v) is 6.77. The Morgan fingerprint density at radius 3 is 2.89 bits per heavy atom. The molecule has 1 aromatic carbocycles. The van der Waals surface area contributed by atoms with Crippen molar-refractivity contribution in [2.45, 2.75) is 19.9 Å². The summed E-state index contributed by atoms with van der Waals surface area (Å²) in [6.07, 6.45) is 1.33. The fraction of sp³-hybridized carbons (Fsp3) is 0.600. The zero-order chi connectivity index (χ0) is 13.1. The first kappa shape index (κ1) is 13.4. The van der Waals surface area contributed by atoms with Crippen LogP contribution < -0.4 is 5.73 Å². The Balaban J connectivity index is 1.90. The summed E-state index contributed by atoms with van der Waals surface area (Å²) in [6, 6.07) is 6.21. The first-order valence-electron chi connectivity index (χ1n) is 6.77. The predicted molar refractivity (Wildman–Crippen MR) is 77.5 cm³/mol. The van der Waals surface area contributed by atoms with Gasteiger partial charge in [0.1, 0.15) is 0 Å². The van der Waals surface area contributed by atoms with E-state index in [-0.39, 0.29) is 0 Å². The molecule has 0 aromatic heterocycles. The molecule has 18 heavy (non-hydrogen) atoms. The van der Waals surface area contributed by atoms with E-state index in [1.165, 1.54) is 37.2 Å². The molecule has 2 N–H and O–H groups in total. The van der Waals surface area contributed by atoms with Crippen LogP contribution in [0.3, 0.4) is 0 Å². The number of likely N-dealkylation sites (tertiary alicyclic amines) is 1. The average Bonchev–Trinajstić information content (AvgIpc) is 2.70. The van der Waals surface area contributed by atoms with Gasteiger partial charge in [0.25, 0.3) is 0 Å². The van der Waals surface area contributed by atoms with Gasteiger partial charge < -0.3 is 15.5 Å². The van der Waals surface area contributed by atoms with Gasteiger partial charge in [0.05, 0.1) is 0 Å². The summed E-state index contributed by atoms with van der Waals surface area (Å²) in [5, 5.41) is 0. The van der Waals surface area contributed by atoms with Crippen molar-refractivity contribution in [1.82, 2.24) is 9.80 Å². The van der Waals surface area contributed by atoms with Crippen LogP contribution in [0.2, 0.25) is 0 Å². The maximum atomic E-state index is 5.95. The number of rotatable bonds is 4. The van der Waals surface area contributed by atoms with E-state index in [9.17, 15) is 0 Å². The van der Waals surface area contributed by atoms with Crippen molar-refractivity contribution >= 4 is 5.69 Å². The highest BCUT2D eigenvalue weighted by molar-refractivity contribution is 5.49. The van der Waals surface area contributed by atoms with Crippen LogP contribution in [0.15, 0.2) is 18.2 Å². The van der Waals surface area contributed by atoms with E-state index < -0.39 is 0 Å². The normalized spacial score (nSPS) is 20.8.